The molecule has 1 aliphatic carbocycles. The molecular formula is C17H27NOS. The maximum Gasteiger partial charge on any atom is 0.119 e. The Morgan fingerprint density at radius 1 is 1.20 bits per heavy atom. The Labute approximate surface area is 127 Å². The first-order chi connectivity index (χ1) is 9.83. The Morgan fingerprint density at radius 3 is 2.75 bits per heavy atom. The Hall–Kier alpha value is -0.670. The molecule has 2 nitrogen and oxygen atoms in total. The normalized spacial score (nSPS) is 23.9. The summed E-state index contributed by atoms with van der Waals surface area (Å²) in [7, 11) is 1.74. The van der Waals surface area contributed by atoms with E-state index in [0.717, 1.165) is 12.3 Å². The number of thioether (sulfide) groups is 1. The summed E-state index contributed by atoms with van der Waals surface area (Å²) >= 11 is 2.02. The van der Waals surface area contributed by atoms with Gasteiger partial charge in [-0.25, -0.2) is 0 Å². The second-order valence-corrected chi connectivity index (χ2v) is 6.80. The zero-order valence-electron chi connectivity index (χ0n) is 12.7. The zero-order valence-corrected chi connectivity index (χ0v) is 13.5. The molecule has 2 atom stereocenters. The van der Waals surface area contributed by atoms with Crippen LogP contribution in [0.2, 0.25) is 0 Å². The highest BCUT2D eigenvalue weighted by atomic mass is 32.2. The molecule has 2 rings (SSSR count). The van der Waals surface area contributed by atoms with Gasteiger partial charge in [0.1, 0.15) is 5.75 Å². The minimum absolute atomic E-state index is 0.650. The van der Waals surface area contributed by atoms with Gasteiger partial charge in [0.05, 0.1) is 7.11 Å². The second kappa shape index (κ2) is 8.58. The molecule has 1 aromatic carbocycles. The van der Waals surface area contributed by atoms with Gasteiger partial charge in [-0.05, 0) is 37.6 Å². The molecule has 1 fully saturated rings. The Bertz CT molecular complexity index is 396. The van der Waals surface area contributed by atoms with Gasteiger partial charge in [0, 0.05) is 16.2 Å². The van der Waals surface area contributed by atoms with Gasteiger partial charge in [0.2, 0.25) is 0 Å². The van der Waals surface area contributed by atoms with Gasteiger partial charge in [-0.1, -0.05) is 38.7 Å². The van der Waals surface area contributed by atoms with E-state index in [1.54, 1.807) is 7.11 Å². The van der Waals surface area contributed by atoms with Gasteiger partial charge in [0.25, 0.3) is 0 Å². The van der Waals surface area contributed by atoms with Crippen molar-refractivity contribution in [3.05, 3.63) is 24.3 Å². The van der Waals surface area contributed by atoms with E-state index in [1.807, 2.05) is 17.8 Å². The van der Waals surface area contributed by atoms with Crippen LogP contribution in [0, 0.1) is 0 Å². The van der Waals surface area contributed by atoms with Crippen molar-refractivity contribution in [3.8, 4) is 5.75 Å². The summed E-state index contributed by atoms with van der Waals surface area (Å²) in [5.74, 6) is 0.959. The van der Waals surface area contributed by atoms with Crippen LogP contribution >= 0.6 is 11.8 Å². The maximum atomic E-state index is 5.33. The average molecular weight is 293 g/mol. The molecule has 1 aliphatic rings. The van der Waals surface area contributed by atoms with E-state index in [9.17, 15) is 0 Å². The summed E-state index contributed by atoms with van der Waals surface area (Å²) < 4.78 is 5.33. The first-order valence-electron chi connectivity index (χ1n) is 7.87. The van der Waals surface area contributed by atoms with Crippen LogP contribution in [0.5, 0.6) is 5.75 Å². The molecule has 3 heteroatoms. The molecule has 0 saturated heterocycles. The monoisotopic (exact) mass is 293 g/mol. The van der Waals surface area contributed by atoms with Gasteiger partial charge in [-0.2, -0.15) is 0 Å². The third-order valence-electron chi connectivity index (χ3n) is 4.00. The molecule has 112 valence electrons. The Kier molecular flexibility index (Phi) is 6.74. The number of methoxy groups -OCH3 is 1. The molecule has 1 N–H and O–H groups in total. The Morgan fingerprint density at radius 2 is 2.00 bits per heavy atom. The highest BCUT2D eigenvalue weighted by Crippen LogP contribution is 2.34. The van der Waals surface area contributed by atoms with Crippen molar-refractivity contribution in [1.82, 2.24) is 5.32 Å². The molecule has 0 aromatic heterocycles. The molecule has 0 radical (unpaired) electrons. The lowest BCUT2D eigenvalue weighted by Crippen LogP contribution is -2.38. The van der Waals surface area contributed by atoms with E-state index in [4.69, 9.17) is 4.74 Å². The lowest BCUT2D eigenvalue weighted by atomic mass is 9.96. The highest BCUT2D eigenvalue weighted by Gasteiger charge is 2.23. The van der Waals surface area contributed by atoms with E-state index in [-0.39, 0.29) is 0 Å². The van der Waals surface area contributed by atoms with Crippen LogP contribution in [0.1, 0.15) is 45.4 Å². The van der Waals surface area contributed by atoms with Crippen molar-refractivity contribution in [3.63, 3.8) is 0 Å². The van der Waals surface area contributed by atoms with Crippen LogP contribution < -0.4 is 10.1 Å². The van der Waals surface area contributed by atoms with Crippen LogP contribution in [0.15, 0.2) is 29.2 Å². The van der Waals surface area contributed by atoms with E-state index in [2.05, 4.69) is 30.4 Å². The summed E-state index contributed by atoms with van der Waals surface area (Å²) in [6.45, 7) is 3.28. The lowest BCUT2D eigenvalue weighted by Gasteiger charge is -2.29. The minimum Gasteiger partial charge on any atom is -0.497 e. The third kappa shape index (κ3) is 4.71. The standard InChI is InChI=1S/C17H27NOS/c1-3-18-16-11-6-4-5-7-12-17(16)20-15-10-8-9-14(13-15)19-2/h8-10,13,16-18H,3-7,11-12H2,1-2H3. The van der Waals surface area contributed by atoms with E-state index >= 15 is 0 Å². The predicted octanol–water partition coefficient (Wildman–Crippen LogP) is 4.49. The second-order valence-electron chi connectivity index (χ2n) is 5.49. The number of ether oxygens (including phenoxy) is 1. The predicted molar refractivity (Wildman–Crippen MR) is 87.8 cm³/mol. The quantitative estimate of drug-likeness (QED) is 0.864. The Balaban J connectivity index is 2.04. The molecule has 20 heavy (non-hydrogen) atoms. The number of nitrogens with one attached hydrogen (secondary N) is 1. The first-order valence-corrected chi connectivity index (χ1v) is 8.75. The molecule has 0 aliphatic heterocycles. The van der Waals surface area contributed by atoms with Crippen LogP contribution in [0.3, 0.4) is 0 Å². The van der Waals surface area contributed by atoms with Crippen LogP contribution in [0.4, 0.5) is 0 Å². The summed E-state index contributed by atoms with van der Waals surface area (Å²) in [6.07, 6.45) is 8.16. The number of hydrogen-bond donors (Lipinski definition) is 1. The van der Waals surface area contributed by atoms with Gasteiger partial charge in [0.15, 0.2) is 0 Å². The lowest BCUT2D eigenvalue weighted by molar-refractivity contribution is 0.405. The molecule has 0 amide bonds. The van der Waals surface area contributed by atoms with Crippen molar-refractivity contribution >= 4 is 11.8 Å². The fraction of sp³-hybridized carbons (Fsp3) is 0.647. The summed E-state index contributed by atoms with van der Waals surface area (Å²) in [5.41, 5.74) is 0. The van der Waals surface area contributed by atoms with Crippen LogP contribution in [-0.2, 0) is 0 Å². The number of hydrogen-bond acceptors (Lipinski definition) is 3. The minimum atomic E-state index is 0.650. The van der Waals surface area contributed by atoms with E-state index < -0.39 is 0 Å². The smallest absolute Gasteiger partial charge is 0.119 e. The van der Waals surface area contributed by atoms with Crippen molar-refractivity contribution in [2.75, 3.05) is 13.7 Å². The zero-order chi connectivity index (χ0) is 14.2. The molecule has 0 bridgehead atoms. The maximum absolute atomic E-state index is 5.33. The molecular weight excluding hydrogens is 266 g/mol. The van der Waals surface area contributed by atoms with Crippen molar-refractivity contribution in [2.45, 2.75) is 61.6 Å². The van der Waals surface area contributed by atoms with Crippen molar-refractivity contribution in [1.29, 1.82) is 0 Å². The fourth-order valence-corrected chi connectivity index (χ4v) is 4.31. The number of rotatable bonds is 5. The average Bonchev–Trinajstić information content (AvgIpc) is 2.46. The van der Waals surface area contributed by atoms with Crippen molar-refractivity contribution < 1.29 is 4.74 Å². The molecule has 1 aromatic rings. The van der Waals surface area contributed by atoms with Gasteiger partial charge in [-0.3, -0.25) is 0 Å². The summed E-state index contributed by atoms with van der Waals surface area (Å²) in [5, 5.41) is 4.38. The summed E-state index contributed by atoms with van der Waals surface area (Å²) in [4.78, 5) is 1.33. The largest absolute Gasteiger partial charge is 0.497 e. The van der Waals surface area contributed by atoms with E-state index in [1.165, 1.54) is 43.4 Å². The van der Waals surface area contributed by atoms with Gasteiger partial charge in [-0.15, -0.1) is 11.8 Å². The SMILES string of the molecule is CCNC1CCCCCCC1Sc1cccc(OC)c1. The number of benzene rings is 1. The third-order valence-corrected chi connectivity index (χ3v) is 5.39. The molecule has 1 saturated carbocycles. The molecule has 2 unspecified atom stereocenters. The first kappa shape index (κ1) is 15.7. The van der Waals surface area contributed by atoms with Crippen molar-refractivity contribution in [2.24, 2.45) is 0 Å². The molecule has 0 heterocycles. The highest BCUT2D eigenvalue weighted by molar-refractivity contribution is 8.00. The van der Waals surface area contributed by atoms with Gasteiger partial charge >= 0.3 is 0 Å². The summed E-state index contributed by atoms with van der Waals surface area (Å²) in [6, 6.07) is 9.12. The van der Waals surface area contributed by atoms with Crippen LogP contribution in [-0.4, -0.2) is 24.9 Å². The molecule has 0 spiro atoms. The fourth-order valence-electron chi connectivity index (χ4n) is 2.94. The van der Waals surface area contributed by atoms with Gasteiger partial charge < -0.3 is 10.1 Å². The van der Waals surface area contributed by atoms with Crippen LogP contribution in [0.25, 0.3) is 0 Å². The van der Waals surface area contributed by atoms with E-state index in [0.29, 0.717) is 11.3 Å². The topological polar surface area (TPSA) is 21.3 Å².